The van der Waals surface area contributed by atoms with E-state index in [-0.39, 0.29) is 0 Å². The second-order valence-corrected chi connectivity index (χ2v) is 3.71. The van der Waals surface area contributed by atoms with Crippen LogP contribution in [0.2, 0.25) is 0 Å². The van der Waals surface area contributed by atoms with Gasteiger partial charge in [0.25, 0.3) is 0 Å². The first kappa shape index (κ1) is 11.7. The molecule has 0 aliphatic heterocycles. The van der Waals surface area contributed by atoms with Crippen LogP contribution in [0.15, 0.2) is 0 Å². The monoisotopic (exact) mass is 190 g/mol. The number of carboxylic acid groups (broad SMARTS) is 1. The third-order valence-electron chi connectivity index (χ3n) is 1.10. The number of carbonyl (C=O) groups excluding carboxylic acids is 1. The SMILES string of the molecule is CC([15NH]C(=O)OC(C)(C)C)C(=O)O. The molecule has 0 saturated carbocycles. The zero-order valence-corrected chi connectivity index (χ0v) is 8.25. The molecule has 0 aliphatic carbocycles. The van der Waals surface area contributed by atoms with E-state index in [1.54, 1.807) is 20.8 Å². The van der Waals surface area contributed by atoms with Gasteiger partial charge in [0.15, 0.2) is 0 Å². The lowest BCUT2D eigenvalue weighted by molar-refractivity contribution is -0.139. The minimum atomic E-state index is -1.09. The van der Waals surface area contributed by atoms with Crippen LogP contribution in [-0.2, 0) is 9.53 Å². The Hall–Kier alpha value is -1.26. The molecular weight excluding hydrogens is 175 g/mol. The van der Waals surface area contributed by atoms with Gasteiger partial charge in [-0.25, -0.2) is 4.79 Å². The molecule has 0 spiro atoms. The maximum absolute atomic E-state index is 11.0. The van der Waals surface area contributed by atoms with Crippen LogP contribution in [0.25, 0.3) is 0 Å². The van der Waals surface area contributed by atoms with E-state index in [0.717, 1.165) is 0 Å². The van der Waals surface area contributed by atoms with Crippen LogP contribution in [0.5, 0.6) is 0 Å². The van der Waals surface area contributed by atoms with E-state index in [4.69, 9.17) is 9.84 Å². The highest BCUT2D eigenvalue weighted by atomic mass is 16.6. The molecule has 0 rings (SSSR count). The van der Waals surface area contributed by atoms with Crippen LogP contribution in [0.4, 0.5) is 4.79 Å². The predicted molar refractivity (Wildman–Crippen MR) is 46.5 cm³/mol. The Morgan fingerprint density at radius 2 is 1.85 bits per heavy atom. The summed E-state index contributed by atoms with van der Waals surface area (Å²) < 4.78 is 4.85. The Balaban J connectivity index is 3.96. The highest BCUT2D eigenvalue weighted by Crippen LogP contribution is 2.06. The van der Waals surface area contributed by atoms with E-state index < -0.39 is 23.7 Å². The van der Waals surface area contributed by atoms with Crippen LogP contribution in [0.3, 0.4) is 0 Å². The average Bonchev–Trinajstić information content (AvgIpc) is 1.81. The van der Waals surface area contributed by atoms with Gasteiger partial charge < -0.3 is 15.2 Å². The molecule has 76 valence electrons. The fourth-order valence-corrected chi connectivity index (χ4v) is 0.546. The fourth-order valence-electron chi connectivity index (χ4n) is 0.546. The Kier molecular flexibility index (Phi) is 3.71. The van der Waals surface area contributed by atoms with E-state index in [1.165, 1.54) is 6.92 Å². The summed E-state index contributed by atoms with van der Waals surface area (Å²) in [6, 6.07) is -0.935. The van der Waals surface area contributed by atoms with E-state index >= 15 is 0 Å². The average molecular weight is 190 g/mol. The van der Waals surface area contributed by atoms with Gasteiger partial charge in [-0.15, -0.1) is 0 Å². The van der Waals surface area contributed by atoms with Crippen molar-refractivity contribution < 1.29 is 19.4 Å². The van der Waals surface area contributed by atoms with Crippen molar-refractivity contribution >= 4 is 12.1 Å². The van der Waals surface area contributed by atoms with E-state index in [1.807, 2.05) is 0 Å². The van der Waals surface area contributed by atoms with Gasteiger partial charge in [-0.05, 0) is 27.7 Å². The lowest BCUT2D eigenvalue weighted by Gasteiger charge is -2.20. The quantitative estimate of drug-likeness (QED) is 0.636. The molecule has 0 heterocycles. The van der Waals surface area contributed by atoms with Crippen LogP contribution < -0.4 is 5.32 Å². The molecular formula is C8H15NO4. The molecule has 1 atom stereocenters. The second-order valence-electron chi connectivity index (χ2n) is 3.71. The van der Waals surface area contributed by atoms with Crippen molar-refractivity contribution in [2.75, 3.05) is 0 Å². The number of nitrogens with one attached hydrogen (secondary N) is 1. The maximum Gasteiger partial charge on any atom is 0.408 e. The van der Waals surface area contributed by atoms with Gasteiger partial charge in [0.05, 0.1) is 0 Å². The van der Waals surface area contributed by atoms with Gasteiger partial charge in [0.2, 0.25) is 0 Å². The van der Waals surface area contributed by atoms with Gasteiger partial charge in [0.1, 0.15) is 11.6 Å². The van der Waals surface area contributed by atoms with Crippen molar-refractivity contribution in [3.63, 3.8) is 0 Å². The van der Waals surface area contributed by atoms with E-state index in [0.29, 0.717) is 0 Å². The molecule has 0 radical (unpaired) electrons. The smallest absolute Gasteiger partial charge is 0.408 e. The summed E-state index contributed by atoms with van der Waals surface area (Å²) in [7, 11) is 0. The maximum atomic E-state index is 11.0. The molecule has 1 unspecified atom stereocenters. The van der Waals surface area contributed by atoms with Crippen molar-refractivity contribution in [1.82, 2.24) is 5.32 Å². The van der Waals surface area contributed by atoms with E-state index in [9.17, 15) is 9.59 Å². The van der Waals surface area contributed by atoms with Gasteiger partial charge >= 0.3 is 12.1 Å². The lowest BCUT2D eigenvalue weighted by atomic mass is 10.2. The first-order valence-electron chi connectivity index (χ1n) is 3.94. The molecule has 0 aromatic rings. The van der Waals surface area contributed by atoms with Gasteiger partial charge in [-0.3, -0.25) is 4.79 Å². The zero-order chi connectivity index (χ0) is 10.6. The Morgan fingerprint density at radius 3 is 2.15 bits per heavy atom. The molecule has 5 nitrogen and oxygen atoms in total. The number of aliphatic carboxylic acids is 1. The first-order valence-corrected chi connectivity index (χ1v) is 3.94. The van der Waals surface area contributed by atoms with Crippen LogP contribution in [0, 0.1) is 0 Å². The molecule has 0 saturated heterocycles. The molecule has 13 heavy (non-hydrogen) atoms. The van der Waals surface area contributed by atoms with Crippen LogP contribution >= 0.6 is 0 Å². The minimum Gasteiger partial charge on any atom is -0.480 e. The zero-order valence-electron chi connectivity index (χ0n) is 8.25. The Bertz CT molecular complexity index is 207. The number of alkyl carbamates (subject to hydrolysis) is 1. The summed E-state index contributed by atoms with van der Waals surface area (Å²) in [6.45, 7) is 6.49. The predicted octanol–water partition coefficient (Wildman–Crippen LogP) is 0.984. The first-order chi connectivity index (χ1) is 5.72. The number of ether oxygens (including phenoxy) is 1. The number of carboxylic acids is 1. The second kappa shape index (κ2) is 4.11. The molecule has 5 heteroatoms. The number of hydrogen-bond acceptors (Lipinski definition) is 3. The van der Waals surface area contributed by atoms with E-state index in [2.05, 4.69) is 5.32 Å². The summed E-state index contributed by atoms with van der Waals surface area (Å²) in [4.78, 5) is 21.3. The molecule has 0 aromatic heterocycles. The molecule has 0 aliphatic rings. The number of hydrogen-bond donors (Lipinski definition) is 2. The number of carbonyl (C=O) groups is 2. The molecule has 0 aromatic carbocycles. The van der Waals surface area contributed by atoms with Crippen molar-refractivity contribution in [2.24, 2.45) is 0 Å². The summed E-state index contributed by atoms with van der Waals surface area (Å²) in [5, 5.41) is 10.6. The highest BCUT2D eigenvalue weighted by Gasteiger charge is 2.20. The van der Waals surface area contributed by atoms with Gasteiger partial charge in [-0.2, -0.15) is 0 Å². The topological polar surface area (TPSA) is 75.6 Å². The summed E-state index contributed by atoms with van der Waals surface area (Å²) >= 11 is 0. The molecule has 1 amide bonds. The van der Waals surface area contributed by atoms with Crippen molar-refractivity contribution in [3.8, 4) is 0 Å². The standard InChI is InChI=1S/C8H15NO4/c1-5(6(10)11)9-7(12)13-8(2,3)4/h5H,1-4H3,(H,9,12)(H,10,11)/i9+1. The van der Waals surface area contributed by atoms with Crippen molar-refractivity contribution in [2.45, 2.75) is 39.3 Å². The molecule has 0 bridgehead atoms. The third kappa shape index (κ3) is 5.95. The largest absolute Gasteiger partial charge is 0.480 e. The van der Waals surface area contributed by atoms with Crippen molar-refractivity contribution in [3.05, 3.63) is 0 Å². The van der Waals surface area contributed by atoms with Gasteiger partial charge in [0, 0.05) is 0 Å². The highest BCUT2D eigenvalue weighted by molar-refractivity contribution is 5.79. The summed E-state index contributed by atoms with van der Waals surface area (Å²) in [5.41, 5.74) is -0.609. The van der Waals surface area contributed by atoms with Crippen LogP contribution in [-0.4, -0.2) is 28.8 Å². The fraction of sp³-hybridized carbons (Fsp3) is 0.750. The van der Waals surface area contributed by atoms with Crippen LogP contribution in [0.1, 0.15) is 27.7 Å². The Labute approximate surface area is 77.1 Å². The number of amides is 1. The Morgan fingerprint density at radius 1 is 1.38 bits per heavy atom. The number of rotatable bonds is 2. The summed E-state index contributed by atoms with van der Waals surface area (Å²) in [6.07, 6.45) is -0.720. The normalized spacial score (nSPS) is 13.2. The summed E-state index contributed by atoms with van der Waals surface area (Å²) in [5.74, 6) is -1.09. The lowest BCUT2D eigenvalue weighted by Crippen LogP contribution is -2.41. The van der Waals surface area contributed by atoms with Crippen molar-refractivity contribution in [1.29, 1.82) is 0 Å². The third-order valence-corrected chi connectivity index (χ3v) is 1.10. The molecule has 0 fully saturated rings. The van der Waals surface area contributed by atoms with Gasteiger partial charge in [-0.1, -0.05) is 0 Å². The molecule has 2 N–H and O–H groups in total. The minimum absolute atomic E-state index is 0.609.